The van der Waals surface area contributed by atoms with Crippen LogP contribution in [0.25, 0.3) is 10.6 Å². The molecule has 0 fully saturated rings. The Labute approximate surface area is 116 Å². The van der Waals surface area contributed by atoms with Crippen LogP contribution >= 0.6 is 11.3 Å². The van der Waals surface area contributed by atoms with E-state index in [1.807, 2.05) is 31.4 Å². The van der Waals surface area contributed by atoms with E-state index in [-0.39, 0.29) is 11.9 Å². The van der Waals surface area contributed by atoms with E-state index in [4.69, 9.17) is 0 Å². The SMILES string of the molecule is CCC(C)NC(=O)Cc1csc(-c2cccnc2)n1. The zero-order valence-electron chi connectivity index (χ0n) is 11.1. The van der Waals surface area contributed by atoms with Crippen molar-refractivity contribution < 1.29 is 4.79 Å². The van der Waals surface area contributed by atoms with E-state index in [2.05, 4.69) is 15.3 Å². The van der Waals surface area contributed by atoms with Gasteiger partial charge in [-0.3, -0.25) is 9.78 Å². The number of carbonyl (C=O) groups is 1. The predicted octanol–water partition coefficient (Wildman–Crippen LogP) is 2.66. The van der Waals surface area contributed by atoms with E-state index < -0.39 is 0 Å². The molecule has 2 aromatic heterocycles. The smallest absolute Gasteiger partial charge is 0.226 e. The summed E-state index contributed by atoms with van der Waals surface area (Å²) in [7, 11) is 0. The van der Waals surface area contributed by atoms with E-state index in [1.165, 1.54) is 11.3 Å². The summed E-state index contributed by atoms with van der Waals surface area (Å²) in [6.45, 7) is 4.05. The predicted molar refractivity (Wildman–Crippen MR) is 76.9 cm³/mol. The van der Waals surface area contributed by atoms with Gasteiger partial charge >= 0.3 is 0 Å². The lowest BCUT2D eigenvalue weighted by molar-refractivity contribution is -0.121. The summed E-state index contributed by atoms with van der Waals surface area (Å²) in [5, 5.41) is 5.77. The summed E-state index contributed by atoms with van der Waals surface area (Å²) in [6.07, 6.45) is 4.78. The van der Waals surface area contributed by atoms with Crippen molar-refractivity contribution in [3.63, 3.8) is 0 Å². The first-order valence-corrected chi connectivity index (χ1v) is 7.21. The van der Waals surface area contributed by atoms with Gasteiger partial charge in [-0.15, -0.1) is 11.3 Å². The number of nitrogens with one attached hydrogen (secondary N) is 1. The molecule has 0 bridgehead atoms. The quantitative estimate of drug-likeness (QED) is 0.912. The van der Waals surface area contributed by atoms with E-state index in [9.17, 15) is 4.79 Å². The lowest BCUT2D eigenvalue weighted by Crippen LogP contribution is -2.33. The number of carbonyl (C=O) groups excluding carboxylic acids is 1. The zero-order valence-corrected chi connectivity index (χ0v) is 11.9. The van der Waals surface area contributed by atoms with Crippen molar-refractivity contribution in [2.24, 2.45) is 0 Å². The number of rotatable bonds is 5. The molecule has 2 rings (SSSR count). The summed E-state index contributed by atoms with van der Waals surface area (Å²) in [6, 6.07) is 4.06. The minimum Gasteiger partial charge on any atom is -0.353 e. The molecule has 2 heterocycles. The van der Waals surface area contributed by atoms with E-state index >= 15 is 0 Å². The molecule has 0 spiro atoms. The lowest BCUT2D eigenvalue weighted by atomic mass is 10.2. The second-order valence-electron chi connectivity index (χ2n) is 4.44. The summed E-state index contributed by atoms with van der Waals surface area (Å²) in [5.74, 6) is 0.0254. The van der Waals surface area contributed by atoms with E-state index in [0.717, 1.165) is 22.7 Å². The van der Waals surface area contributed by atoms with Gasteiger partial charge in [0.15, 0.2) is 0 Å². The Morgan fingerprint density at radius 2 is 2.37 bits per heavy atom. The van der Waals surface area contributed by atoms with Gasteiger partial charge in [0.25, 0.3) is 0 Å². The van der Waals surface area contributed by atoms with Crippen LogP contribution in [-0.4, -0.2) is 21.9 Å². The maximum atomic E-state index is 11.8. The first kappa shape index (κ1) is 13.7. The third kappa shape index (κ3) is 3.86. The third-order valence-electron chi connectivity index (χ3n) is 2.82. The molecule has 1 unspecified atom stereocenters. The average molecular weight is 275 g/mol. The molecule has 0 aliphatic heterocycles. The Bertz CT molecular complexity index is 539. The molecule has 4 nitrogen and oxygen atoms in total. The molecule has 0 aliphatic rings. The van der Waals surface area contributed by atoms with Crippen molar-refractivity contribution in [1.82, 2.24) is 15.3 Å². The fraction of sp³-hybridized carbons (Fsp3) is 0.357. The van der Waals surface area contributed by atoms with Crippen molar-refractivity contribution in [1.29, 1.82) is 0 Å². The molecule has 0 aromatic carbocycles. The molecule has 0 saturated heterocycles. The summed E-state index contributed by atoms with van der Waals surface area (Å²) >= 11 is 1.54. The van der Waals surface area contributed by atoms with Crippen LogP contribution in [0, 0.1) is 0 Å². The fourth-order valence-electron chi connectivity index (χ4n) is 1.60. The van der Waals surface area contributed by atoms with Gasteiger partial charge in [0, 0.05) is 29.4 Å². The van der Waals surface area contributed by atoms with Gasteiger partial charge in [-0.1, -0.05) is 6.92 Å². The number of pyridine rings is 1. The van der Waals surface area contributed by atoms with Crippen LogP contribution in [0.15, 0.2) is 29.9 Å². The van der Waals surface area contributed by atoms with Gasteiger partial charge in [0.1, 0.15) is 5.01 Å². The van der Waals surface area contributed by atoms with Crippen molar-refractivity contribution >= 4 is 17.2 Å². The summed E-state index contributed by atoms with van der Waals surface area (Å²) in [4.78, 5) is 20.3. The number of hydrogen-bond acceptors (Lipinski definition) is 4. The van der Waals surface area contributed by atoms with Gasteiger partial charge in [-0.2, -0.15) is 0 Å². The molecule has 1 atom stereocenters. The largest absolute Gasteiger partial charge is 0.353 e. The Balaban J connectivity index is 2.00. The molecule has 0 saturated carbocycles. The third-order valence-corrected chi connectivity index (χ3v) is 3.76. The Morgan fingerprint density at radius 1 is 1.53 bits per heavy atom. The molecular weight excluding hydrogens is 258 g/mol. The summed E-state index contributed by atoms with van der Waals surface area (Å²) < 4.78 is 0. The number of thiazole rings is 1. The van der Waals surface area contributed by atoms with Gasteiger partial charge in [0.2, 0.25) is 5.91 Å². The minimum absolute atomic E-state index is 0.0254. The fourth-order valence-corrected chi connectivity index (χ4v) is 2.41. The van der Waals surface area contributed by atoms with Crippen LogP contribution in [0.4, 0.5) is 0 Å². The molecule has 2 aromatic rings. The first-order chi connectivity index (χ1) is 9.19. The van der Waals surface area contributed by atoms with E-state index in [1.54, 1.807) is 12.4 Å². The van der Waals surface area contributed by atoms with Gasteiger partial charge in [0.05, 0.1) is 12.1 Å². The first-order valence-electron chi connectivity index (χ1n) is 6.33. The topological polar surface area (TPSA) is 54.9 Å². The second-order valence-corrected chi connectivity index (χ2v) is 5.30. The maximum absolute atomic E-state index is 11.8. The second kappa shape index (κ2) is 6.43. The van der Waals surface area contributed by atoms with Crippen molar-refractivity contribution in [2.45, 2.75) is 32.7 Å². The monoisotopic (exact) mass is 275 g/mol. The Kier molecular flexibility index (Phi) is 4.63. The molecule has 1 N–H and O–H groups in total. The highest BCUT2D eigenvalue weighted by Crippen LogP contribution is 2.22. The molecule has 1 amide bonds. The van der Waals surface area contributed by atoms with Crippen LogP contribution in [-0.2, 0) is 11.2 Å². The van der Waals surface area contributed by atoms with Crippen molar-refractivity contribution in [2.75, 3.05) is 0 Å². The lowest BCUT2D eigenvalue weighted by Gasteiger charge is -2.10. The number of amides is 1. The van der Waals surface area contributed by atoms with Crippen LogP contribution < -0.4 is 5.32 Å². The highest BCUT2D eigenvalue weighted by molar-refractivity contribution is 7.13. The summed E-state index contributed by atoms with van der Waals surface area (Å²) in [5.41, 5.74) is 1.80. The zero-order chi connectivity index (χ0) is 13.7. The highest BCUT2D eigenvalue weighted by atomic mass is 32.1. The van der Waals surface area contributed by atoms with Crippen LogP contribution in [0.5, 0.6) is 0 Å². The highest BCUT2D eigenvalue weighted by Gasteiger charge is 2.10. The molecule has 0 radical (unpaired) electrons. The van der Waals surface area contributed by atoms with Crippen molar-refractivity contribution in [3.05, 3.63) is 35.6 Å². The van der Waals surface area contributed by atoms with Gasteiger partial charge in [-0.05, 0) is 25.5 Å². The average Bonchev–Trinajstić information content (AvgIpc) is 2.88. The van der Waals surface area contributed by atoms with Gasteiger partial charge < -0.3 is 5.32 Å². The van der Waals surface area contributed by atoms with Gasteiger partial charge in [-0.25, -0.2) is 4.98 Å². The number of hydrogen-bond donors (Lipinski definition) is 1. The number of nitrogens with zero attached hydrogens (tertiary/aromatic N) is 2. The normalized spacial score (nSPS) is 12.1. The standard InChI is InChI=1S/C14H17N3OS/c1-3-10(2)16-13(18)7-12-9-19-14(17-12)11-5-4-6-15-8-11/h4-6,8-10H,3,7H2,1-2H3,(H,16,18). The molecule has 100 valence electrons. The molecular formula is C14H17N3OS. The molecule has 5 heteroatoms. The molecule has 19 heavy (non-hydrogen) atoms. The Morgan fingerprint density at radius 3 is 3.05 bits per heavy atom. The van der Waals surface area contributed by atoms with Crippen LogP contribution in [0.3, 0.4) is 0 Å². The number of aromatic nitrogens is 2. The van der Waals surface area contributed by atoms with Crippen LogP contribution in [0.2, 0.25) is 0 Å². The van der Waals surface area contributed by atoms with Crippen molar-refractivity contribution in [3.8, 4) is 10.6 Å². The minimum atomic E-state index is 0.0254. The maximum Gasteiger partial charge on any atom is 0.226 e. The van der Waals surface area contributed by atoms with Crippen LogP contribution in [0.1, 0.15) is 26.0 Å². The Hall–Kier alpha value is -1.75. The molecule has 0 aliphatic carbocycles. The van der Waals surface area contributed by atoms with E-state index in [0.29, 0.717) is 6.42 Å².